The summed E-state index contributed by atoms with van der Waals surface area (Å²) in [5, 5.41) is 0. The summed E-state index contributed by atoms with van der Waals surface area (Å²) in [6, 6.07) is 8.16. The highest BCUT2D eigenvalue weighted by Gasteiger charge is 2.16. The molecule has 2 rings (SSSR count). The van der Waals surface area contributed by atoms with Crippen LogP contribution >= 0.6 is 15.9 Å². The third kappa shape index (κ3) is 3.51. The van der Waals surface area contributed by atoms with Crippen molar-refractivity contribution < 1.29 is 23.5 Å². The lowest BCUT2D eigenvalue weighted by Crippen LogP contribution is -2.10. The second-order valence-corrected chi connectivity index (χ2v) is 5.29. The normalized spacial score (nSPS) is 10.2. The van der Waals surface area contributed by atoms with Crippen molar-refractivity contribution in [2.75, 3.05) is 7.11 Å². The Morgan fingerprint density at radius 3 is 2.41 bits per heavy atom. The van der Waals surface area contributed by atoms with Gasteiger partial charge in [-0.1, -0.05) is 0 Å². The van der Waals surface area contributed by atoms with Crippen LogP contribution in [-0.2, 0) is 0 Å². The van der Waals surface area contributed by atoms with Crippen LogP contribution in [0.5, 0.6) is 11.5 Å². The Bertz CT molecular complexity index is 743. The number of esters is 1. The molecule has 0 saturated heterocycles. The number of carbonyl (C=O) groups is 2. The summed E-state index contributed by atoms with van der Waals surface area (Å²) in [4.78, 5) is 23.5. The number of halogens is 2. The largest absolute Gasteiger partial charge is 0.493 e. The Balaban J connectivity index is 2.30. The number of ketones is 1. The first-order valence-electron chi connectivity index (χ1n) is 6.28. The van der Waals surface area contributed by atoms with Gasteiger partial charge in [-0.2, -0.15) is 0 Å². The molecule has 2 aromatic rings. The Labute approximate surface area is 135 Å². The number of hydrogen-bond donors (Lipinski definition) is 0. The van der Waals surface area contributed by atoms with Crippen molar-refractivity contribution in [1.82, 2.24) is 0 Å². The van der Waals surface area contributed by atoms with Crippen LogP contribution in [0.3, 0.4) is 0 Å². The molecule has 0 amide bonds. The van der Waals surface area contributed by atoms with E-state index >= 15 is 0 Å². The molecule has 4 nitrogen and oxygen atoms in total. The molecule has 0 aliphatic heterocycles. The standard InChI is InChI=1S/C16H12BrFO4/c1-9(19)10-3-6-14(15(7-10)21-2)22-16(20)12-5-4-11(18)8-13(12)17/h3-8H,1-2H3. The van der Waals surface area contributed by atoms with Crippen molar-refractivity contribution in [1.29, 1.82) is 0 Å². The smallest absolute Gasteiger partial charge is 0.344 e. The number of benzene rings is 2. The average molecular weight is 367 g/mol. The lowest BCUT2D eigenvalue weighted by atomic mass is 10.1. The minimum absolute atomic E-state index is 0.127. The molecule has 0 aliphatic rings. The highest BCUT2D eigenvalue weighted by molar-refractivity contribution is 9.10. The molecule has 0 atom stereocenters. The van der Waals surface area contributed by atoms with Crippen molar-refractivity contribution in [2.45, 2.75) is 6.92 Å². The van der Waals surface area contributed by atoms with Crippen LogP contribution in [0.1, 0.15) is 27.6 Å². The molecule has 22 heavy (non-hydrogen) atoms. The van der Waals surface area contributed by atoms with Gasteiger partial charge >= 0.3 is 5.97 Å². The molecule has 0 saturated carbocycles. The van der Waals surface area contributed by atoms with E-state index in [4.69, 9.17) is 9.47 Å². The minimum atomic E-state index is -0.666. The van der Waals surface area contributed by atoms with Crippen molar-refractivity contribution in [3.05, 3.63) is 57.8 Å². The van der Waals surface area contributed by atoms with Crippen LogP contribution in [0.4, 0.5) is 4.39 Å². The zero-order valence-electron chi connectivity index (χ0n) is 11.9. The van der Waals surface area contributed by atoms with E-state index in [0.29, 0.717) is 5.56 Å². The third-order valence-corrected chi connectivity index (χ3v) is 3.58. The molecule has 114 valence electrons. The number of hydrogen-bond acceptors (Lipinski definition) is 4. The van der Waals surface area contributed by atoms with Gasteiger partial charge in [0.1, 0.15) is 5.82 Å². The van der Waals surface area contributed by atoms with E-state index in [1.165, 1.54) is 44.4 Å². The lowest BCUT2D eigenvalue weighted by molar-refractivity contribution is 0.0728. The zero-order valence-corrected chi connectivity index (χ0v) is 13.4. The van der Waals surface area contributed by atoms with Crippen molar-refractivity contribution in [3.63, 3.8) is 0 Å². The molecule has 0 unspecified atom stereocenters. The molecular formula is C16H12BrFO4. The molecule has 0 aromatic heterocycles. The van der Waals surface area contributed by atoms with E-state index < -0.39 is 11.8 Å². The molecular weight excluding hydrogens is 355 g/mol. The van der Waals surface area contributed by atoms with E-state index in [1.807, 2.05) is 0 Å². The predicted octanol–water partition coefficient (Wildman–Crippen LogP) is 4.02. The maximum atomic E-state index is 13.0. The highest BCUT2D eigenvalue weighted by Crippen LogP contribution is 2.30. The zero-order chi connectivity index (χ0) is 16.3. The molecule has 0 fully saturated rings. The van der Waals surface area contributed by atoms with Gasteiger partial charge in [-0.25, -0.2) is 9.18 Å². The van der Waals surface area contributed by atoms with E-state index in [0.717, 1.165) is 6.07 Å². The van der Waals surface area contributed by atoms with E-state index in [1.54, 1.807) is 0 Å². The maximum Gasteiger partial charge on any atom is 0.344 e. The third-order valence-electron chi connectivity index (χ3n) is 2.92. The SMILES string of the molecule is COc1cc(C(C)=O)ccc1OC(=O)c1ccc(F)cc1Br. The monoisotopic (exact) mass is 366 g/mol. The fraction of sp³-hybridized carbons (Fsp3) is 0.125. The van der Waals surface area contributed by atoms with Crippen LogP contribution in [0, 0.1) is 5.82 Å². The van der Waals surface area contributed by atoms with E-state index in [2.05, 4.69) is 15.9 Å². The van der Waals surface area contributed by atoms with Crippen LogP contribution in [0.2, 0.25) is 0 Å². The highest BCUT2D eigenvalue weighted by atomic mass is 79.9. The summed E-state index contributed by atoms with van der Waals surface area (Å²) in [6.07, 6.45) is 0. The number of ether oxygens (including phenoxy) is 2. The fourth-order valence-electron chi connectivity index (χ4n) is 1.78. The van der Waals surface area contributed by atoms with Gasteiger partial charge in [0.05, 0.1) is 12.7 Å². The van der Waals surface area contributed by atoms with Crippen LogP contribution in [-0.4, -0.2) is 18.9 Å². The van der Waals surface area contributed by atoms with Gasteiger partial charge in [0.2, 0.25) is 0 Å². The molecule has 0 bridgehead atoms. The second-order valence-electron chi connectivity index (χ2n) is 4.44. The minimum Gasteiger partial charge on any atom is -0.493 e. The quantitative estimate of drug-likeness (QED) is 0.465. The number of Topliss-reactive ketones (excluding diaryl/α,β-unsaturated/α-hetero) is 1. The molecule has 0 radical (unpaired) electrons. The maximum absolute atomic E-state index is 13.0. The van der Waals surface area contributed by atoms with Crippen molar-refractivity contribution in [2.24, 2.45) is 0 Å². The first-order chi connectivity index (χ1) is 10.4. The van der Waals surface area contributed by atoms with Gasteiger partial charge in [-0.15, -0.1) is 0 Å². The van der Waals surface area contributed by atoms with Crippen LogP contribution < -0.4 is 9.47 Å². The van der Waals surface area contributed by atoms with E-state index in [9.17, 15) is 14.0 Å². The summed E-state index contributed by atoms with van der Waals surface area (Å²) in [6.45, 7) is 1.43. The van der Waals surface area contributed by atoms with Gasteiger partial charge in [0.15, 0.2) is 17.3 Å². The summed E-state index contributed by atoms with van der Waals surface area (Å²) >= 11 is 3.11. The Kier molecular flexibility index (Phi) is 4.92. The molecule has 6 heteroatoms. The summed E-state index contributed by atoms with van der Waals surface area (Å²) in [5.74, 6) is -0.821. The van der Waals surface area contributed by atoms with Gasteiger partial charge in [0, 0.05) is 10.0 Å². The molecule has 2 aromatic carbocycles. The fourth-order valence-corrected chi connectivity index (χ4v) is 2.29. The van der Waals surface area contributed by atoms with Gasteiger partial charge in [-0.3, -0.25) is 4.79 Å². The second kappa shape index (κ2) is 6.70. The van der Waals surface area contributed by atoms with Gasteiger partial charge < -0.3 is 9.47 Å². The number of methoxy groups -OCH3 is 1. The summed E-state index contributed by atoms with van der Waals surface area (Å²) in [7, 11) is 1.41. The average Bonchev–Trinajstić information content (AvgIpc) is 2.47. The molecule has 0 N–H and O–H groups in total. The van der Waals surface area contributed by atoms with E-state index in [-0.39, 0.29) is 27.3 Å². The Morgan fingerprint density at radius 1 is 1.09 bits per heavy atom. The lowest BCUT2D eigenvalue weighted by Gasteiger charge is -2.11. The topological polar surface area (TPSA) is 52.6 Å². The number of rotatable bonds is 4. The first kappa shape index (κ1) is 16.2. The number of carbonyl (C=O) groups excluding carboxylic acids is 2. The Morgan fingerprint density at radius 2 is 1.82 bits per heavy atom. The van der Waals surface area contributed by atoms with Gasteiger partial charge in [0.25, 0.3) is 0 Å². The summed E-state index contributed by atoms with van der Waals surface area (Å²) < 4.78 is 23.7. The predicted molar refractivity (Wildman–Crippen MR) is 82.1 cm³/mol. The molecule has 0 spiro atoms. The molecule has 0 aliphatic carbocycles. The summed E-state index contributed by atoms with van der Waals surface area (Å²) in [5.41, 5.74) is 0.624. The molecule has 0 heterocycles. The first-order valence-corrected chi connectivity index (χ1v) is 7.08. The van der Waals surface area contributed by atoms with Crippen molar-refractivity contribution >= 4 is 27.7 Å². The van der Waals surface area contributed by atoms with Gasteiger partial charge in [-0.05, 0) is 59.3 Å². The van der Waals surface area contributed by atoms with Crippen LogP contribution in [0.15, 0.2) is 40.9 Å². The Hall–Kier alpha value is -2.21. The van der Waals surface area contributed by atoms with Crippen molar-refractivity contribution in [3.8, 4) is 11.5 Å². The van der Waals surface area contributed by atoms with Crippen LogP contribution in [0.25, 0.3) is 0 Å².